The molecule has 24 heavy (non-hydrogen) atoms. The number of carbonyl (C=O) groups excluding carboxylic acids is 3. The van der Waals surface area contributed by atoms with Crippen molar-refractivity contribution < 1.29 is 28.6 Å². The molecule has 0 aliphatic heterocycles. The number of ether oxygens (including phenoxy) is 3. The molecule has 1 aromatic rings. The van der Waals surface area contributed by atoms with E-state index in [1.54, 1.807) is 18.2 Å². The van der Waals surface area contributed by atoms with Gasteiger partial charge in [0.1, 0.15) is 0 Å². The number of esters is 1. The van der Waals surface area contributed by atoms with Crippen molar-refractivity contribution in [3.63, 3.8) is 0 Å². The second kappa shape index (κ2) is 9.19. The van der Waals surface area contributed by atoms with Crippen LogP contribution in [0, 0.1) is 0 Å². The second-order valence-corrected chi connectivity index (χ2v) is 4.56. The van der Waals surface area contributed by atoms with Crippen LogP contribution in [0.3, 0.4) is 0 Å². The molecule has 0 saturated heterocycles. The summed E-state index contributed by atoms with van der Waals surface area (Å²) < 4.78 is 15.3. The number of rotatable bonds is 6. The maximum atomic E-state index is 11.8. The molecule has 0 unspecified atom stereocenters. The lowest BCUT2D eigenvalue weighted by atomic mass is 10.1. The zero-order chi connectivity index (χ0) is 18.1. The first-order chi connectivity index (χ1) is 11.4. The Kier molecular flexibility index (Phi) is 7.28. The standard InChI is InChI=1S/C16H20N2O6/c1-10(15(20)18-16(21)17-2)24-13(19)9-8-11-6-5-7-12(22-3)14(11)23-4/h5-10H,1-4H3,(H2,17,18,20,21)/b9-8+/t10-/m0/s1. The van der Waals surface area contributed by atoms with E-state index in [1.165, 1.54) is 34.3 Å². The summed E-state index contributed by atoms with van der Waals surface area (Å²) in [7, 11) is 4.36. The predicted octanol–water partition coefficient (Wildman–Crippen LogP) is 1.10. The molecule has 130 valence electrons. The summed E-state index contributed by atoms with van der Waals surface area (Å²) in [6, 6.07) is 4.51. The summed E-state index contributed by atoms with van der Waals surface area (Å²) in [4.78, 5) is 34.4. The highest BCUT2D eigenvalue weighted by Gasteiger charge is 2.18. The molecule has 1 aromatic carbocycles. The lowest BCUT2D eigenvalue weighted by molar-refractivity contribution is -0.149. The number of imide groups is 1. The molecule has 3 amide bonds. The molecule has 0 radical (unpaired) electrons. The van der Waals surface area contributed by atoms with Crippen molar-refractivity contribution in [2.24, 2.45) is 0 Å². The van der Waals surface area contributed by atoms with E-state index in [9.17, 15) is 14.4 Å². The largest absolute Gasteiger partial charge is 0.493 e. The van der Waals surface area contributed by atoms with Crippen LogP contribution in [0.5, 0.6) is 11.5 Å². The molecule has 0 spiro atoms. The van der Waals surface area contributed by atoms with Crippen molar-refractivity contribution in [1.82, 2.24) is 10.6 Å². The average molecular weight is 336 g/mol. The fraction of sp³-hybridized carbons (Fsp3) is 0.312. The number of para-hydroxylation sites is 1. The van der Waals surface area contributed by atoms with Gasteiger partial charge in [0, 0.05) is 18.7 Å². The third-order valence-corrected chi connectivity index (χ3v) is 2.96. The van der Waals surface area contributed by atoms with E-state index in [-0.39, 0.29) is 0 Å². The van der Waals surface area contributed by atoms with Crippen molar-refractivity contribution in [2.45, 2.75) is 13.0 Å². The Morgan fingerprint density at radius 1 is 1.17 bits per heavy atom. The normalized spacial score (nSPS) is 11.5. The molecular formula is C16H20N2O6. The Balaban J connectivity index is 2.73. The van der Waals surface area contributed by atoms with Crippen LogP contribution in [0.1, 0.15) is 12.5 Å². The molecule has 2 N–H and O–H groups in total. The first-order valence-corrected chi connectivity index (χ1v) is 7.05. The van der Waals surface area contributed by atoms with Gasteiger partial charge in [-0.25, -0.2) is 9.59 Å². The van der Waals surface area contributed by atoms with Gasteiger partial charge < -0.3 is 19.5 Å². The maximum absolute atomic E-state index is 11.8. The van der Waals surface area contributed by atoms with Crippen LogP contribution < -0.4 is 20.1 Å². The van der Waals surface area contributed by atoms with E-state index in [0.717, 1.165) is 6.08 Å². The van der Waals surface area contributed by atoms with Gasteiger partial charge in [0.2, 0.25) is 0 Å². The molecule has 0 aliphatic rings. The third-order valence-electron chi connectivity index (χ3n) is 2.96. The smallest absolute Gasteiger partial charge is 0.331 e. The van der Waals surface area contributed by atoms with E-state index in [1.807, 2.05) is 5.32 Å². The van der Waals surface area contributed by atoms with E-state index < -0.39 is 24.0 Å². The van der Waals surface area contributed by atoms with Crippen molar-refractivity contribution in [2.75, 3.05) is 21.3 Å². The van der Waals surface area contributed by atoms with Gasteiger partial charge in [0.05, 0.1) is 14.2 Å². The van der Waals surface area contributed by atoms with Crippen molar-refractivity contribution in [1.29, 1.82) is 0 Å². The van der Waals surface area contributed by atoms with Crippen LogP contribution in [-0.2, 0) is 14.3 Å². The minimum absolute atomic E-state index is 0.467. The van der Waals surface area contributed by atoms with E-state index >= 15 is 0 Å². The van der Waals surface area contributed by atoms with Gasteiger partial charge in [-0.2, -0.15) is 0 Å². The van der Waals surface area contributed by atoms with E-state index in [4.69, 9.17) is 14.2 Å². The molecule has 8 heteroatoms. The molecular weight excluding hydrogens is 316 g/mol. The van der Waals surface area contributed by atoms with Gasteiger partial charge in [-0.3, -0.25) is 10.1 Å². The Bertz CT molecular complexity index is 641. The zero-order valence-corrected chi connectivity index (χ0v) is 13.9. The molecule has 0 heterocycles. The molecule has 1 atom stereocenters. The predicted molar refractivity (Wildman–Crippen MR) is 86.7 cm³/mol. The van der Waals surface area contributed by atoms with Gasteiger partial charge in [-0.15, -0.1) is 0 Å². The van der Waals surface area contributed by atoms with E-state index in [0.29, 0.717) is 17.1 Å². The molecule has 8 nitrogen and oxygen atoms in total. The number of benzene rings is 1. The molecule has 0 aromatic heterocycles. The third kappa shape index (κ3) is 5.31. The van der Waals surface area contributed by atoms with Crippen molar-refractivity contribution >= 4 is 24.0 Å². The maximum Gasteiger partial charge on any atom is 0.331 e. The summed E-state index contributed by atoms with van der Waals surface area (Å²) in [5, 5.41) is 4.24. The lowest BCUT2D eigenvalue weighted by Crippen LogP contribution is -2.43. The highest BCUT2D eigenvalue weighted by molar-refractivity contribution is 5.98. The van der Waals surface area contributed by atoms with Crippen LogP contribution in [0.25, 0.3) is 6.08 Å². The second-order valence-electron chi connectivity index (χ2n) is 4.56. The Labute approximate surface area is 139 Å². The van der Waals surface area contributed by atoms with Gasteiger partial charge in [-0.1, -0.05) is 12.1 Å². The fourth-order valence-electron chi connectivity index (χ4n) is 1.74. The Morgan fingerprint density at radius 3 is 2.46 bits per heavy atom. The topological polar surface area (TPSA) is 103 Å². The SMILES string of the molecule is CNC(=O)NC(=O)[C@H](C)OC(=O)/C=C/c1cccc(OC)c1OC. The van der Waals surface area contributed by atoms with Crippen LogP contribution in [0.15, 0.2) is 24.3 Å². The number of urea groups is 1. The Morgan fingerprint density at radius 2 is 1.88 bits per heavy atom. The fourth-order valence-corrected chi connectivity index (χ4v) is 1.74. The van der Waals surface area contributed by atoms with Crippen LogP contribution in [0.4, 0.5) is 4.79 Å². The minimum Gasteiger partial charge on any atom is -0.493 e. The number of nitrogens with one attached hydrogen (secondary N) is 2. The lowest BCUT2D eigenvalue weighted by Gasteiger charge is -2.11. The average Bonchev–Trinajstić information content (AvgIpc) is 2.58. The van der Waals surface area contributed by atoms with Crippen LogP contribution in [0.2, 0.25) is 0 Å². The summed E-state index contributed by atoms with van der Waals surface area (Å²) in [6.45, 7) is 1.36. The zero-order valence-electron chi connectivity index (χ0n) is 13.9. The first kappa shape index (κ1) is 19.0. The van der Waals surface area contributed by atoms with Gasteiger partial charge in [0.25, 0.3) is 5.91 Å². The monoisotopic (exact) mass is 336 g/mol. The van der Waals surface area contributed by atoms with Gasteiger partial charge in [0.15, 0.2) is 17.6 Å². The number of hydrogen-bond donors (Lipinski definition) is 2. The van der Waals surface area contributed by atoms with Gasteiger partial charge >= 0.3 is 12.0 Å². The molecule has 0 saturated carbocycles. The van der Waals surface area contributed by atoms with Crippen LogP contribution in [-0.4, -0.2) is 45.3 Å². The molecule has 0 aliphatic carbocycles. The number of hydrogen-bond acceptors (Lipinski definition) is 6. The van der Waals surface area contributed by atoms with E-state index in [2.05, 4.69) is 5.32 Å². The number of carbonyl (C=O) groups is 3. The Hall–Kier alpha value is -3.03. The number of amides is 3. The van der Waals surface area contributed by atoms with Crippen LogP contribution >= 0.6 is 0 Å². The summed E-state index contributed by atoms with van der Waals surface area (Å²) >= 11 is 0. The summed E-state index contributed by atoms with van der Waals surface area (Å²) in [6.07, 6.45) is 1.51. The quantitative estimate of drug-likeness (QED) is 0.596. The highest BCUT2D eigenvalue weighted by atomic mass is 16.5. The minimum atomic E-state index is -1.12. The van der Waals surface area contributed by atoms with Crippen molar-refractivity contribution in [3.05, 3.63) is 29.8 Å². The molecule has 0 fully saturated rings. The summed E-state index contributed by atoms with van der Waals surface area (Å²) in [5.74, 6) is -0.477. The number of methoxy groups -OCH3 is 2. The summed E-state index contributed by atoms with van der Waals surface area (Å²) in [5.41, 5.74) is 0.608. The molecule has 0 bridgehead atoms. The van der Waals surface area contributed by atoms with Gasteiger partial charge in [-0.05, 0) is 19.1 Å². The molecule has 1 rings (SSSR count). The highest BCUT2D eigenvalue weighted by Crippen LogP contribution is 2.31. The van der Waals surface area contributed by atoms with Crippen molar-refractivity contribution in [3.8, 4) is 11.5 Å². The first-order valence-electron chi connectivity index (χ1n) is 7.05.